The molecule has 0 bridgehead atoms. The first-order chi connectivity index (χ1) is 21.4. The number of halogens is 1. The molecule has 0 radical (unpaired) electrons. The molecule has 1 aromatic carbocycles. The first-order valence-electron chi connectivity index (χ1n) is 15.3. The smallest absolute Gasteiger partial charge is 0.419 e. The largest absolute Gasteiger partial charge is 0.443 e. The van der Waals surface area contributed by atoms with Gasteiger partial charge in [0.15, 0.2) is 0 Å². The standard InChI is InChI=1S/C34H39FN6O4/c1-20(39(5)6)30-23(21-13-16-44-17-14-21)10-11-27(37-30)38-31-29-24(26-19-36-28-18-22(35)12-15-40(26)28)8-7-9-25(29)32(42)41(31)33(43)45-34(2,3)4/h7-12,15,18-21,31H,13-14,16-17H2,1-6H3,(H,37,38). The van der Waals surface area contributed by atoms with Crippen molar-refractivity contribution in [3.63, 3.8) is 0 Å². The summed E-state index contributed by atoms with van der Waals surface area (Å²) < 4.78 is 27.1. The van der Waals surface area contributed by atoms with Crippen molar-refractivity contribution in [2.24, 2.45) is 0 Å². The predicted octanol–water partition coefficient (Wildman–Crippen LogP) is 6.55. The zero-order valence-electron chi connectivity index (χ0n) is 26.5. The topological polar surface area (TPSA) is 101 Å². The van der Waals surface area contributed by atoms with E-state index in [-0.39, 0.29) is 6.04 Å². The number of amides is 2. The van der Waals surface area contributed by atoms with Gasteiger partial charge >= 0.3 is 6.09 Å². The minimum Gasteiger partial charge on any atom is -0.443 e. The van der Waals surface area contributed by atoms with E-state index < -0.39 is 29.6 Å². The van der Waals surface area contributed by atoms with Crippen LogP contribution in [-0.2, 0) is 9.47 Å². The van der Waals surface area contributed by atoms with Crippen LogP contribution in [0.2, 0.25) is 0 Å². The fourth-order valence-electron chi connectivity index (χ4n) is 6.08. The van der Waals surface area contributed by atoms with E-state index >= 15 is 0 Å². The number of anilines is 1. The lowest BCUT2D eigenvalue weighted by Gasteiger charge is -2.30. The van der Waals surface area contributed by atoms with Crippen LogP contribution in [0.1, 0.15) is 85.8 Å². The Hall–Kier alpha value is -4.35. The fraction of sp³-hybridized carbons (Fsp3) is 0.412. The van der Waals surface area contributed by atoms with Gasteiger partial charge in [0.2, 0.25) is 0 Å². The summed E-state index contributed by atoms with van der Waals surface area (Å²) in [4.78, 5) is 40.3. The number of hydrogen-bond donors (Lipinski definition) is 1. The highest BCUT2D eigenvalue weighted by atomic mass is 19.1. The Balaban J connectivity index is 1.48. The number of nitrogens with zero attached hydrogens (tertiary/aromatic N) is 5. The third-order valence-corrected chi connectivity index (χ3v) is 8.50. The highest BCUT2D eigenvalue weighted by molar-refractivity contribution is 6.09. The average Bonchev–Trinajstić information content (AvgIpc) is 3.54. The number of ether oxygens (including phenoxy) is 2. The minimum atomic E-state index is -0.937. The lowest BCUT2D eigenvalue weighted by Crippen LogP contribution is -2.41. The van der Waals surface area contributed by atoms with Gasteiger partial charge < -0.3 is 19.7 Å². The molecule has 10 nitrogen and oxygen atoms in total. The Labute approximate surface area is 262 Å². The molecule has 236 valence electrons. The third-order valence-electron chi connectivity index (χ3n) is 8.50. The first kappa shape index (κ1) is 30.7. The lowest BCUT2D eigenvalue weighted by molar-refractivity contribution is 0.0208. The number of aromatic nitrogens is 3. The molecule has 2 unspecified atom stereocenters. The highest BCUT2D eigenvalue weighted by Gasteiger charge is 2.45. The predicted molar refractivity (Wildman–Crippen MR) is 168 cm³/mol. The van der Waals surface area contributed by atoms with Crippen molar-refractivity contribution in [2.75, 3.05) is 32.6 Å². The molecule has 4 aromatic rings. The van der Waals surface area contributed by atoms with E-state index in [1.165, 1.54) is 17.7 Å². The second kappa shape index (κ2) is 11.9. The maximum absolute atomic E-state index is 14.0. The molecule has 45 heavy (non-hydrogen) atoms. The molecule has 1 saturated heterocycles. The average molecular weight is 615 g/mol. The van der Waals surface area contributed by atoms with Crippen LogP contribution in [0.5, 0.6) is 0 Å². The van der Waals surface area contributed by atoms with Gasteiger partial charge in [-0.05, 0) is 84.3 Å². The molecule has 3 aromatic heterocycles. The van der Waals surface area contributed by atoms with Gasteiger partial charge in [0.25, 0.3) is 5.91 Å². The van der Waals surface area contributed by atoms with Gasteiger partial charge in [0.1, 0.15) is 29.0 Å². The third kappa shape index (κ3) is 5.89. The molecule has 0 aliphatic carbocycles. The number of pyridine rings is 2. The fourth-order valence-corrected chi connectivity index (χ4v) is 6.08. The molecule has 0 spiro atoms. The molecule has 2 aliphatic rings. The van der Waals surface area contributed by atoms with Crippen molar-refractivity contribution >= 4 is 23.5 Å². The van der Waals surface area contributed by atoms with E-state index in [1.807, 2.05) is 26.2 Å². The van der Waals surface area contributed by atoms with Crippen molar-refractivity contribution < 1.29 is 23.5 Å². The van der Waals surface area contributed by atoms with Gasteiger partial charge in [-0.2, -0.15) is 0 Å². The van der Waals surface area contributed by atoms with E-state index in [4.69, 9.17) is 14.5 Å². The zero-order chi connectivity index (χ0) is 32.0. The van der Waals surface area contributed by atoms with Crippen LogP contribution in [0, 0.1) is 5.82 Å². The summed E-state index contributed by atoms with van der Waals surface area (Å²) in [5.74, 6) is -0.0407. The van der Waals surface area contributed by atoms with E-state index in [0.29, 0.717) is 53.0 Å². The van der Waals surface area contributed by atoms with E-state index in [9.17, 15) is 14.0 Å². The Morgan fingerprint density at radius 2 is 1.87 bits per heavy atom. The van der Waals surface area contributed by atoms with Crippen LogP contribution >= 0.6 is 0 Å². The second-order valence-corrected chi connectivity index (χ2v) is 12.9. The summed E-state index contributed by atoms with van der Waals surface area (Å²) in [5, 5.41) is 3.43. The van der Waals surface area contributed by atoms with Gasteiger partial charge in [0.05, 0.1) is 17.6 Å². The molecule has 1 fully saturated rings. The SMILES string of the molecule is CC(c1nc(NC2c3c(cccc3-c3cnc4cc(F)ccn34)C(=O)N2C(=O)OC(C)(C)C)ccc1C1CCOCC1)N(C)C. The van der Waals surface area contributed by atoms with Gasteiger partial charge in [-0.15, -0.1) is 0 Å². The van der Waals surface area contributed by atoms with Crippen LogP contribution < -0.4 is 5.32 Å². The van der Waals surface area contributed by atoms with Gasteiger partial charge in [-0.25, -0.2) is 24.1 Å². The monoisotopic (exact) mass is 614 g/mol. The number of hydrogen-bond acceptors (Lipinski definition) is 8. The zero-order valence-corrected chi connectivity index (χ0v) is 26.5. The Morgan fingerprint density at radius 1 is 1.13 bits per heavy atom. The molecule has 2 atom stereocenters. The molecular formula is C34H39FN6O4. The van der Waals surface area contributed by atoms with Crippen LogP contribution in [-0.4, -0.2) is 69.1 Å². The van der Waals surface area contributed by atoms with Crippen LogP contribution in [0.25, 0.3) is 16.9 Å². The summed E-state index contributed by atoms with van der Waals surface area (Å²) in [6.07, 6.45) is 3.38. The highest BCUT2D eigenvalue weighted by Crippen LogP contribution is 2.42. The molecule has 6 rings (SSSR count). The molecule has 5 heterocycles. The number of imidazole rings is 1. The van der Waals surface area contributed by atoms with Gasteiger partial charge in [-0.3, -0.25) is 9.20 Å². The molecular weight excluding hydrogens is 575 g/mol. The van der Waals surface area contributed by atoms with Crippen LogP contribution in [0.4, 0.5) is 15.0 Å². The number of fused-ring (bicyclic) bond motifs is 2. The quantitative estimate of drug-likeness (QED) is 0.261. The first-order valence-corrected chi connectivity index (χ1v) is 15.3. The van der Waals surface area contributed by atoms with E-state index in [2.05, 4.69) is 28.2 Å². The maximum atomic E-state index is 14.0. The number of benzene rings is 1. The van der Waals surface area contributed by atoms with Gasteiger partial charge in [0, 0.05) is 48.2 Å². The number of carbonyl (C=O) groups excluding carboxylic acids is 2. The Kier molecular flexibility index (Phi) is 8.09. The summed E-state index contributed by atoms with van der Waals surface area (Å²) in [6.45, 7) is 8.82. The van der Waals surface area contributed by atoms with Crippen LogP contribution in [0.3, 0.4) is 0 Å². The Morgan fingerprint density at radius 3 is 2.58 bits per heavy atom. The van der Waals surface area contributed by atoms with Crippen molar-refractivity contribution in [1.82, 2.24) is 24.2 Å². The maximum Gasteiger partial charge on any atom is 0.419 e. The minimum absolute atomic E-state index is 0.0122. The molecule has 2 amide bonds. The number of imide groups is 1. The molecule has 0 saturated carbocycles. The normalized spacial score (nSPS) is 18.0. The van der Waals surface area contributed by atoms with Crippen LogP contribution in [0.15, 0.2) is 54.9 Å². The van der Waals surface area contributed by atoms with Crippen molar-refractivity contribution in [3.8, 4) is 11.3 Å². The molecule has 1 N–H and O–H groups in total. The van der Waals surface area contributed by atoms with Crippen molar-refractivity contribution in [3.05, 3.63) is 83.1 Å². The summed E-state index contributed by atoms with van der Waals surface area (Å²) in [7, 11) is 4.04. The summed E-state index contributed by atoms with van der Waals surface area (Å²) >= 11 is 0. The number of carbonyl (C=O) groups is 2. The summed E-state index contributed by atoms with van der Waals surface area (Å²) in [5.41, 5.74) is 3.96. The van der Waals surface area contributed by atoms with Crippen molar-refractivity contribution in [1.29, 1.82) is 0 Å². The van der Waals surface area contributed by atoms with Gasteiger partial charge in [-0.1, -0.05) is 18.2 Å². The number of nitrogens with one attached hydrogen (secondary N) is 1. The van der Waals surface area contributed by atoms with Crippen molar-refractivity contribution in [2.45, 2.75) is 64.3 Å². The molecule has 2 aliphatic heterocycles. The second-order valence-electron chi connectivity index (χ2n) is 12.9. The summed E-state index contributed by atoms with van der Waals surface area (Å²) in [6, 6.07) is 12.1. The van der Waals surface area contributed by atoms with E-state index in [0.717, 1.165) is 23.4 Å². The molecule has 11 heteroatoms. The van der Waals surface area contributed by atoms with E-state index in [1.54, 1.807) is 49.7 Å². The lowest BCUT2D eigenvalue weighted by atomic mass is 9.88. The number of rotatable bonds is 6. The Bertz CT molecular complexity index is 1760.